The zero-order chi connectivity index (χ0) is 18.1. The third kappa shape index (κ3) is 3.37. The minimum absolute atomic E-state index is 0.142. The predicted molar refractivity (Wildman–Crippen MR) is 102 cm³/mol. The van der Waals surface area contributed by atoms with Crippen molar-refractivity contribution in [3.63, 3.8) is 0 Å². The Morgan fingerprint density at radius 2 is 2.00 bits per heavy atom. The van der Waals surface area contributed by atoms with E-state index in [0.29, 0.717) is 25.9 Å². The smallest absolute Gasteiger partial charge is 0.227 e. The van der Waals surface area contributed by atoms with Gasteiger partial charge in [-0.3, -0.25) is 4.79 Å². The van der Waals surface area contributed by atoms with Gasteiger partial charge in [-0.25, -0.2) is 9.37 Å². The second-order valence-corrected chi connectivity index (χ2v) is 7.44. The number of rotatable bonds is 3. The molecule has 1 aliphatic rings. The number of fused-ring (bicyclic) bond motifs is 1. The van der Waals surface area contributed by atoms with Gasteiger partial charge in [0, 0.05) is 19.0 Å². The predicted octanol–water partition coefficient (Wildman–Crippen LogP) is 4.34. The molecule has 3 heterocycles. The quantitative estimate of drug-likeness (QED) is 0.676. The Balaban J connectivity index is 1.44. The first-order chi connectivity index (χ1) is 12.6. The zero-order valence-corrected chi connectivity index (χ0v) is 15.4. The molecule has 0 aliphatic carbocycles. The number of benzene rings is 1. The van der Waals surface area contributed by atoms with Crippen LogP contribution >= 0.6 is 22.9 Å². The van der Waals surface area contributed by atoms with Crippen molar-refractivity contribution in [2.24, 2.45) is 5.92 Å². The second kappa shape index (κ2) is 7.17. The van der Waals surface area contributed by atoms with E-state index in [-0.39, 0.29) is 22.8 Å². The first-order valence-electron chi connectivity index (χ1n) is 8.33. The van der Waals surface area contributed by atoms with E-state index >= 15 is 0 Å². The number of hydrogen-bond donors (Lipinski definition) is 1. The van der Waals surface area contributed by atoms with Crippen LogP contribution in [-0.2, 0) is 4.79 Å². The molecular weight excluding hydrogens is 375 g/mol. The number of amides is 1. The maximum absolute atomic E-state index is 13.7. The molecule has 1 saturated heterocycles. The number of para-hydroxylation sites is 1. The summed E-state index contributed by atoms with van der Waals surface area (Å²) in [6.07, 6.45) is 1.35. The largest absolute Gasteiger partial charge is 0.355 e. The highest BCUT2D eigenvalue weighted by atomic mass is 35.5. The molecule has 2 aromatic heterocycles. The fourth-order valence-corrected chi connectivity index (χ4v) is 4.20. The van der Waals surface area contributed by atoms with Gasteiger partial charge in [-0.1, -0.05) is 12.1 Å². The molecule has 8 heteroatoms. The number of thiophene rings is 1. The summed E-state index contributed by atoms with van der Waals surface area (Å²) in [5, 5.41) is 4.89. The first-order valence-corrected chi connectivity index (χ1v) is 9.58. The maximum atomic E-state index is 13.7. The van der Waals surface area contributed by atoms with Crippen LogP contribution in [0.15, 0.2) is 35.7 Å². The molecule has 1 amide bonds. The second-order valence-electron chi connectivity index (χ2n) is 6.18. The summed E-state index contributed by atoms with van der Waals surface area (Å²) in [5.41, 5.74) is 1.06. The van der Waals surface area contributed by atoms with Crippen molar-refractivity contribution < 1.29 is 9.18 Å². The number of hydrogen-bond acceptors (Lipinski definition) is 5. The minimum Gasteiger partial charge on any atom is -0.355 e. The highest BCUT2D eigenvalue weighted by molar-refractivity contribution is 7.17. The number of piperidine rings is 1. The molecule has 26 heavy (non-hydrogen) atoms. The van der Waals surface area contributed by atoms with Crippen molar-refractivity contribution in [2.45, 2.75) is 12.8 Å². The molecule has 3 aromatic rings. The van der Waals surface area contributed by atoms with Crippen LogP contribution in [0.5, 0.6) is 0 Å². The van der Waals surface area contributed by atoms with Crippen LogP contribution < -0.4 is 10.2 Å². The number of halogens is 2. The Hall–Kier alpha value is -2.25. The van der Waals surface area contributed by atoms with Gasteiger partial charge in [0.15, 0.2) is 5.82 Å². The highest BCUT2D eigenvalue weighted by Gasteiger charge is 2.27. The summed E-state index contributed by atoms with van der Waals surface area (Å²) in [6.45, 7) is 1.38. The van der Waals surface area contributed by atoms with E-state index in [4.69, 9.17) is 11.6 Å². The summed E-state index contributed by atoms with van der Waals surface area (Å²) >= 11 is 7.62. The van der Waals surface area contributed by atoms with Crippen molar-refractivity contribution in [3.8, 4) is 0 Å². The van der Waals surface area contributed by atoms with E-state index < -0.39 is 5.82 Å². The Kier molecular flexibility index (Phi) is 4.74. The van der Waals surface area contributed by atoms with E-state index in [0.717, 1.165) is 16.0 Å². The van der Waals surface area contributed by atoms with E-state index in [1.54, 1.807) is 29.5 Å². The average molecular weight is 391 g/mol. The van der Waals surface area contributed by atoms with Gasteiger partial charge in [0.1, 0.15) is 5.82 Å². The molecule has 5 nitrogen and oxygen atoms in total. The molecule has 134 valence electrons. The van der Waals surface area contributed by atoms with Crippen LogP contribution in [0.1, 0.15) is 12.8 Å². The number of carbonyl (C=O) groups is 1. The Labute approximate surface area is 158 Å². The van der Waals surface area contributed by atoms with E-state index in [9.17, 15) is 9.18 Å². The summed E-state index contributed by atoms with van der Waals surface area (Å²) < 4.78 is 14.7. The van der Waals surface area contributed by atoms with E-state index in [1.165, 1.54) is 6.07 Å². The fourth-order valence-electron chi connectivity index (χ4n) is 3.19. The Morgan fingerprint density at radius 1 is 1.23 bits per heavy atom. The van der Waals surface area contributed by atoms with Crippen LogP contribution in [0, 0.1) is 11.7 Å². The molecule has 1 aromatic carbocycles. The lowest BCUT2D eigenvalue weighted by Gasteiger charge is -2.32. The van der Waals surface area contributed by atoms with Crippen molar-refractivity contribution in [2.75, 3.05) is 23.3 Å². The van der Waals surface area contributed by atoms with Crippen LogP contribution in [0.25, 0.3) is 10.2 Å². The summed E-state index contributed by atoms with van der Waals surface area (Å²) in [7, 11) is 0. The molecule has 0 bridgehead atoms. The van der Waals surface area contributed by atoms with Crippen molar-refractivity contribution in [1.29, 1.82) is 0 Å². The third-order valence-corrected chi connectivity index (χ3v) is 5.62. The van der Waals surface area contributed by atoms with Crippen LogP contribution in [0.2, 0.25) is 5.28 Å². The zero-order valence-electron chi connectivity index (χ0n) is 13.8. The molecule has 0 atom stereocenters. The molecular formula is C18H16ClFN4OS. The average Bonchev–Trinajstić information content (AvgIpc) is 3.11. The number of aromatic nitrogens is 2. The van der Waals surface area contributed by atoms with Gasteiger partial charge in [0.05, 0.1) is 15.9 Å². The lowest BCUT2D eigenvalue weighted by Crippen LogP contribution is -2.38. The van der Waals surface area contributed by atoms with Gasteiger partial charge in [-0.15, -0.1) is 11.3 Å². The highest BCUT2D eigenvalue weighted by Crippen LogP contribution is 2.32. The van der Waals surface area contributed by atoms with E-state index in [1.807, 2.05) is 11.4 Å². The van der Waals surface area contributed by atoms with Gasteiger partial charge >= 0.3 is 0 Å². The first kappa shape index (κ1) is 17.2. The normalized spacial score (nSPS) is 15.4. The third-order valence-electron chi connectivity index (χ3n) is 4.56. The summed E-state index contributed by atoms with van der Waals surface area (Å²) in [4.78, 5) is 23.2. The molecule has 4 rings (SSSR count). The van der Waals surface area contributed by atoms with Crippen LogP contribution in [0.3, 0.4) is 0 Å². The minimum atomic E-state index is -0.422. The fraction of sp³-hybridized carbons (Fsp3) is 0.278. The summed E-state index contributed by atoms with van der Waals surface area (Å²) in [6, 6.07) is 8.13. The van der Waals surface area contributed by atoms with Gasteiger partial charge in [-0.05, 0) is 48.0 Å². The number of anilines is 2. The Bertz CT molecular complexity index is 955. The molecule has 1 N–H and O–H groups in total. The van der Waals surface area contributed by atoms with Gasteiger partial charge in [0.25, 0.3) is 0 Å². The number of nitrogens with zero attached hydrogens (tertiary/aromatic N) is 3. The van der Waals surface area contributed by atoms with Crippen molar-refractivity contribution in [1.82, 2.24) is 9.97 Å². The Morgan fingerprint density at radius 3 is 2.77 bits per heavy atom. The monoisotopic (exact) mass is 390 g/mol. The van der Waals surface area contributed by atoms with Crippen LogP contribution in [0.4, 0.5) is 15.9 Å². The molecule has 0 spiro atoms. The van der Waals surface area contributed by atoms with Gasteiger partial charge < -0.3 is 10.2 Å². The lowest BCUT2D eigenvalue weighted by molar-refractivity contribution is -0.120. The molecule has 0 unspecified atom stereocenters. The van der Waals surface area contributed by atoms with Crippen molar-refractivity contribution >= 4 is 50.6 Å². The standard InChI is InChI=1S/C18H16ClFN4OS/c19-18-22-14-7-10-26-15(14)16(23-18)24-8-5-11(6-9-24)17(25)21-13-4-2-1-3-12(13)20/h1-4,7,10-11H,5-6,8-9H2,(H,21,25). The van der Waals surface area contributed by atoms with E-state index in [2.05, 4.69) is 20.2 Å². The molecule has 0 saturated carbocycles. The van der Waals surface area contributed by atoms with Crippen LogP contribution in [-0.4, -0.2) is 29.0 Å². The van der Waals surface area contributed by atoms with Crippen molar-refractivity contribution in [3.05, 3.63) is 46.8 Å². The number of carbonyl (C=O) groups excluding carboxylic acids is 1. The SMILES string of the molecule is O=C(Nc1ccccc1F)C1CCN(c2nc(Cl)nc3ccsc23)CC1. The molecule has 1 fully saturated rings. The topological polar surface area (TPSA) is 58.1 Å². The van der Waals surface area contributed by atoms with Gasteiger partial charge in [0.2, 0.25) is 11.2 Å². The number of nitrogens with one attached hydrogen (secondary N) is 1. The maximum Gasteiger partial charge on any atom is 0.227 e. The lowest BCUT2D eigenvalue weighted by atomic mass is 9.95. The van der Waals surface area contributed by atoms with Gasteiger partial charge in [-0.2, -0.15) is 4.98 Å². The molecule has 1 aliphatic heterocycles. The molecule has 0 radical (unpaired) electrons. The summed E-state index contributed by atoms with van der Waals surface area (Å²) in [5.74, 6) is 0.107.